The fraction of sp³-hybridized carbons (Fsp3) is 0.500. The van der Waals surface area contributed by atoms with E-state index in [2.05, 4.69) is 48.0 Å². The van der Waals surface area contributed by atoms with E-state index in [9.17, 15) is 5.11 Å². The molecule has 1 aliphatic carbocycles. The summed E-state index contributed by atoms with van der Waals surface area (Å²) < 4.78 is 5.54. The SMILES string of the molecule is COc1ccc(C)cc1CN1C[C@@H]2CC[C@@](O)(c3ncccc3C)[C@@H]2C1. The lowest BCUT2D eigenvalue weighted by molar-refractivity contribution is -0.0114. The minimum Gasteiger partial charge on any atom is -0.496 e. The standard InChI is InChI=1S/C22H28N2O2/c1-15-6-7-20(26-3)18(11-15)13-24-12-17-8-9-22(25,19(17)14-24)21-16(2)5-4-10-23-21/h4-7,10-11,17,19,25H,8-9,12-14H2,1-3H3/t17-,19+,22-/m0/s1. The molecule has 1 saturated carbocycles. The van der Waals surface area contributed by atoms with Crippen molar-refractivity contribution in [1.29, 1.82) is 0 Å². The second-order valence-corrected chi connectivity index (χ2v) is 8.01. The van der Waals surface area contributed by atoms with E-state index in [1.165, 1.54) is 11.1 Å². The van der Waals surface area contributed by atoms with Gasteiger partial charge in [0.05, 0.1) is 12.8 Å². The summed E-state index contributed by atoms with van der Waals surface area (Å²) in [6.45, 7) is 6.99. The van der Waals surface area contributed by atoms with Crippen molar-refractivity contribution in [3.8, 4) is 5.75 Å². The molecule has 0 bridgehead atoms. The Hall–Kier alpha value is -1.91. The van der Waals surface area contributed by atoms with E-state index in [0.717, 1.165) is 49.5 Å². The number of rotatable bonds is 4. The Labute approximate surface area is 155 Å². The topological polar surface area (TPSA) is 45.6 Å². The van der Waals surface area contributed by atoms with Gasteiger partial charge in [-0.15, -0.1) is 0 Å². The minimum atomic E-state index is -0.790. The van der Waals surface area contributed by atoms with Crippen molar-refractivity contribution in [3.63, 3.8) is 0 Å². The first-order valence-corrected chi connectivity index (χ1v) is 9.51. The van der Waals surface area contributed by atoms with Crippen molar-refractivity contribution < 1.29 is 9.84 Å². The summed E-state index contributed by atoms with van der Waals surface area (Å²) in [5, 5.41) is 11.5. The predicted octanol–water partition coefficient (Wildman–Crippen LogP) is 3.44. The van der Waals surface area contributed by atoms with Gasteiger partial charge in [0.25, 0.3) is 0 Å². The van der Waals surface area contributed by atoms with Crippen LogP contribution in [0.15, 0.2) is 36.5 Å². The van der Waals surface area contributed by atoms with E-state index >= 15 is 0 Å². The maximum Gasteiger partial charge on any atom is 0.123 e. The number of ether oxygens (including phenoxy) is 1. The Kier molecular flexibility index (Phi) is 4.49. The monoisotopic (exact) mass is 352 g/mol. The number of aliphatic hydroxyl groups is 1. The number of aryl methyl sites for hydroxylation is 2. The van der Waals surface area contributed by atoms with Crippen LogP contribution in [0.1, 0.15) is 35.2 Å². The molecule has 0 spiro atoms. The quantitative estimate of drug-likeness (QED) is 0.916. The van der Waals surface area contributed by atoms with E-state index < -0.39 is 5.60 Å². The summed E-state index contributed by atoms with van der Waals surface area (Å²) in [5.41, 5.74) is 3.66. The number of aromatic nitrogens is 1. The number of benzene rings is 1. The van der Waals surface area contributed by atoms with Crippen molar-refractivity contribution in [2.45, 2.75) is 38.8 Å². The Balaban J connectivity index is 1.55. The molecule has 1 aromatic heterocycles. The smallest absolute Gasteiger partial charge is 0.123 e. The zero-order valence-electron chi connectivity index (χ0n) is 15.9. The predicted molar refractivity (Wildman–Crippen MR) is 102 cm³/mol. The van der Waals surface area contributed by atoms with Crippen LogP contribution in [0.25, 0.3) is 0 Å². The molecule has 0 radical (unpaired) electrons. The van der Waals surface area contributed by atoms with Crippen LogP contribution in [-0.4, -0.2) is 35.2 Å². The van der Waals surface area contributed by atoms with Gasteiger partial charge in [-0.25, -0.2) is 0 Å². The van der Waals surface area contributed by atoms with Crippen LogP contribution in [0, 0.1) is 25.7 Å². The summed E-state index contributed by atoms with van der Waals surface area (Å²) in [6.07, 6.45) is 3.69. The normalized spacial score (nSPS) is 28.3. The number of nitrogens with zero attached hydrogens (tertiary/aromatic N) is 2. The third-order valence-corrected chi connectivity index (χ3v) is 6.28. The highest BCUT2D eigenvalue weighted by Gasteiger charge is 2.53. The van der Waals surface area contributed by atoms with E-state index in [-0.39, 0.29) is 5.92 Å². The van der Waals surface area contributed by atoms with Gasteiger partial charge >= 0.3 is 0 Å². The molecule has 1 saturated heterocycles. The number of likely N-dealkylation sites (tertiary alicyclic amines) is 1. The summed E-state index contributed by atoms with van der Waals surface area (Å²) in [5.74, 6) is 1.74. The van der Waals surface area contributed by atoms with Gasteiger partial charge in [-0.3, -0.25) is 9.88 Å². The van der Waals surface area contributed by atoms with Crippen LogP contribution in [0.3, 0.4) is 0 Å². The Morgan fingerprint density at radius 1 is 1.27 bits per heavy atom. The summed E-state index contributed by atoms with van der Waals surface area (Å²) in [4.78, 5) is 7.02. The van der Waals surface area contributed by atoms with Gasteiger partial charge in [-0.05, 0) is 50.3 Å². The van der Waals surface area contributed by atoms with Gasteiger partial charge in [0.1, 0.15) is 11.4 Å². The Bertz CT molecular complexity index is 806. The molecule has 1 aromatic carbocycles. The third-order valence-electron chi connectivity index (χ3n) is 6.28. The average molecular weight is 352 g/mol. The first kappa shape index (κ1) is 17.5. The number of fused-ring (bicyclic) bond motifs is 1. The van der Waals surface area contributed by atoms with Crippen molar-refractivity contribution in [2.24, 2.45) is 11.8 Å². The van der Waals surface area contributed by atoms with E-state index in [1.807, 2.05) is 6.07 Å². The highest BCUT2D eigenvalue weighted by atomic mass is 16.5. The molecule has 4 heteroatoms. The molecular formula is C22H28N2O2. The fourth-order valence-corrected chi connectivity index (χ4v) is 5.02. The molecule has 2 heterocycles. The second kappa shape index (κ2) is 6.67. The van der Waals surface area contributed by atoms with E-state index in [0.29, 0.717) is 5.92 Å². The molecule has 4 rings (SSSR count). The molecule has 0 unspecified atom stereocenters. The maximum atomic E-state index is 11.5. The molecule has 26 heavy (non-hydrogen) atoms. The van der Waals surface area contributed by atoms with Crippen molar-refractivity contribution >= 4 is 0 Å². The zero-order chi connectivity index (χ0) is 18.3. The molecular weight excluding hydrogens is 324 g/mol. The Morgan fingerprint density at radius 2 is 2.12 bits per heavy atom. The number of hydrogen-bond acceptors (Lipinski definition) is 4. The van der Waals surface area contributed by atoms with E-state index in [4.69, 9.17) is 4.74 Å². The van der Waals surface area contributed by atoms with Crippen LogP contribution in [0.5, 0.6) is 5.75 Å². The largest absolute Gasteiger partial charge is 0.496 e. The molecule has 138 valence electrons. The highest BCUT2D eigenvalue weighted by Crippen LogP contribution is 2.50. The third kappa shape index (κ3) is 2.91. The lowest BCUT2D eigenvalue weighted by Gasteiger charge is -2.31. The molecule has 0 amide bonds. The van der Waals surface area contributed by atoms with Crippen molar-refractivity contribution in [2.75, 3.05) is 20.2 Å². The van der Waals surface area contributed by atoms with Crippen LogP contribution < -0.4 is 4.74 Å². The Morgan fingerprint density at radius 3 is 2.88 bits per heavy atom. The van der Waals surface area contributed by atoms with Gasteiger partial charge in [0.2, 0.25) is 0 Å². The van der Waals surface area contributed by atoms with Crippen molar-refractivity contribution in [3.05, 3.63) is 58.9 Å². The van der Waals surface area contributed by atoms with Crippen LogP contribution in [0.4, 0.5) is 0 Å². The lowest BCUT2D eigenvalue weighted by atomic mass is 9.83. The number of methoxy groups -OCH3 is 1. The molecule has 2 aromatic rings. The molecule has 2 aliphatic rings. The lowest BCUT2D eigenvalue weighted by Crippen LogP contribution is -2.36. The first-order chi connectivity index (χ1) is 12.5. The highest BCUT2D eigenvalue weighted by molar-refractivity contribution is 5.37. The molecule has 1 aliphatic heterocycles. The molecule has 4 nitrogen and oxygen atoms in total. The van der Waals surface area contributed by atoms with Crippen LogP contribution in [0.2, 0.25) is 0 Å². The fourth-order valence-electron chi connectivity index (χ4n) is 5.02. The number of hydrogen-bond donors (Lipinski definition) is 1. The van der Waals surface area contributed by atoms with Gasteiger partial charge in [0.15, 0.2) is 0 Å². The minimum absolute atomic E-state index is 0.256. The second-order valence-electron chi connectivity index (χ2n) is 8.01. The zero-order valence-corrected chi connectivity index (χ0v) is 15.9. The van der Waals surface area contributed by atoms with Crippen LogP contribution in [-0.2, 0) is 12.1 Å². The van der Waals surface area contributed by atoms with Gasteiger partial charge in [0, 0.05) is 37.3 Å². The van der Waals surface area contributed by atoms with Crippen molar-refractivity contribution in [1.82, 2.24) is 9.88 Å². The molecule has 1 N–H and O–H groups in total. The van der Waals surface area contributed by atoms with E-state index in [1.54, 1.807) is 13.3 Å². The number of pyridine rings is 1. The van der Waals surface area contributed by atoms with Gasteiger partial charge < -0.3 is 9.84 Å². The maximum absolute atomic E-state index is 11.5. The molecule has 3 atom stereocenters. The summed E-state index contributed by atoms with van der Waals surface area (Å²) in [7, 11) is 1.73. The summed E-state index contributed by atoms with van der Waals surface area (Å²) in [6, 6.07) is 10.3. The van der Waals surface area contributed by atoms with Gasteiger partial charge in [-0.1, -0.05) is 23.8 Å². The van der Waals surface area contributed by atoms with Gasteiger partial charge in [-0.2, -0.15) is 0 Å². The summed E-state index contributed by atoms with van der Waals surface area (Å²) >= 11 is 0. The first-order valence-electron chi connectivity index (χ1n) is 9.51. The van der Waals surface area contributed by atoms with Crippen LogP contribution >= 0.6 is 0 Å². The molecule has 2 fully saturated rings. The average Bonchev–Trinajstić information content (AvgIpc) is 3.16.